The van der Waals surface area contributed by atoms with Crippen LogP contribution >= 0.6 is 15.9 Å². The SMILES string of the molecule is CCCCCCOc1ccc(Br)cc1C(=O)Nc1ccc(S(=O)(=O)N(C)c2ccccc2)cc1. The van der Waals surface area contributed by atoms with Gasteiger partial charge >= 0.3 is 0 Å². The smallest absolute Gasteiger partial charge is 0.264 e. The highest BCUT2D eigenvalue weighted by molar-refractivity contribution is 9.10. The summed E-state index contributed by atoms with van der Waals surface area (Å²) in [6.07, 6.45) is 4.32. The second-order valence-corrected chi connectivity index (χ2v) is 10.7. The monoisotopic (exact) mass is 544 g/mol. The summed E-state index contributed by atoms with van der Waals surface area (Å²) in [6.45, 7) is 2.70. The van der Waals surface area contributed by atoms with Crippen molar-refractivity contribution < 1.29 is 17.9 Å². The van der Waals surface area contributed by atoms with Crippen molar-refractivity contribution in [1.82, 2.24) is 0 Å². The summed E-state index contributed by atoms with van der Waals surface area (Å²) in [6, 6.07) is 20.3. The van der Waals surface area contributed by atoms with Gasteiger partial charge in [-0.3, -0.25) is 9.10 Å². The number of sulfonamides is 1. The Bertz CT molecular complexity index is 1200. The fraction of sp³-hybridized carbons (Fsp3) is 0.269. The van der Waals surface area contributed by atoms with Crippen LogP contribution in [0.4, 0.5) is 11.4 Å². The van der Waals surface area contributed by atoms with E-state index in [4.69, 9.17) is 4.74 Å². The number of para-hydroxylation sites is 1. The molecule has 180 valence electrons. The number of halogens is 1. The first-order valence-corrected chi connectivity index (χ1v) is 13.4. The quantitative estimate of drug-likeness (QED) is 0.280. The molecule has 8 heteroatoms. The van der Waals surface area contributed by atoms with Crippen LogP contribution in [0.25, 0.3) is 0 Å². The highest BCUT2D eigenvalue weighted by Crippen LogP contribution is 2.26. The van der Waals surface area contributed by atoms with Gasteiger partial charge in [0.25, 0.3) is 15.9 Å². The standard InChI is InChI=1S/C26H29BrN2O4S/c1-3-4-5-9-18-33-25-17-12-20(27)19-24(25)26(30)28-21-13-15-23(16-14-21)34(31,32)29(2)22-10-7-6-8-11-22/h6-8,10-17,19H,3-5,9,18H2,1-2H3,(H,28,30). The molecule has 0 unspecified atom stereocenters. The second kappa shape index (κ2) is 12.0. The van der Waals surface area contributed by atoms with E-state index >= 15 is 0 Å². The maximum absolute atomic E-state index is 13.0. The normalized spacial score (nSPS) is 11.1. The molecule has 0 heterocycles. The van der Waals surface area contributed by atoms with E-state index in [9.17, 15) is 13.2 Å². The van der Waals surface area contributed by atoms with E-state index in [-0.39, 0.29) is 10.8 Å². The number of ether oxygens (including phenoxy) is 1. The maximum atomic E-state index is 13.0. The number of carbonyl (C=O) groups excluding carboxylic acids is 1. The number of carbonyl (C=O) groups is 1. The zero-order valence-electron chi connectivity index (χ0n) is 19.3. The molecule has 34 heavy (non-hydrogen) atoms. The molecule has 0 fully saturated rings. The number of nitrogens with zero attached hydrogens (tertiary/aromatic N) is 1. The lowest BCUT2D eigenvalue weighted by Crippen LogP contribution is -2.26. The van der Waals surface area contributed by atoms with Crippen molar-refractivity contribution in [3.63, 3.8) is 0 Å². The summed E-state index contributed by atoms with van der Waals surface area (Å²) in [5.74, 6) is 0.183. The fourth-order valence-electron chi connectivity index (χ4n) is 3.36. The molecule has 6 nitrogen and oxygen atoms in total. The summed E-state index contributed by atoms with van der Waals surface area (Å²) in [5, 5.41) is 2.83. The number of nitrogens with one attached hydrogen (secondary N) is 1. The van der Waals surface area contributed by atoms with E-state index < -0.39 is 10.0 Å². The van der Waals surface area contributed by atoms with Crippen molar-refractivity contribution in [2.75, 3.05) is 23.3 Å². The minimum absolute atomic E-state index is 0.135. The lowest BCUT2D eigenvalue weighted by atomic mass is 10.1. The molecule has 1 amide bonds. The molecule has 3 rings (SSSR count). The first kappa shape index (κ1) is 25.8. The molecular formula is C26H29BrN2O4S. The number of hydrogen-bond donors (Lipinski definition) is 1. The Morgan fingerprint density at radius 2 is 1.68 bits per heavy atom. The Morgan fingerprint density at radius 1 is 0.971 bits per heavy atom. The van der Waals surface area contributed by atoms with Gasteiger partial charge in [-0.1, -0.05) is 60.3 Å². The third-order valence-corrected chi connectivity index (χ3v) is 7.63. The summed E-state index contributed by atoms with van der Waals surface area (Å²) in [4.78, 5) is 13.1. The number of rotatable bonds is 11. The predicted octanol–water partition coefficient (Wildman–Crippen LogP) is 6.49. The van der Waals surface area contributed by atoms with Gasteiger partial charge in [-0.2, -0.15) is 0 Å². The molecule has 1 N–H and O–H groups in total. The van der Waals surface area contributed by atoms with Crippen LogP contribution in [0.1, 0.15) is 43.0 Å². The largest absolute Gasteiger partial charge is 0.493 e. The minimum atomic E-state index is -3.72. The van der Waals surface area contributed by atoms with Gasteiger partial charge in [0.1, 0.15) is 5.75 Å². The summed E-state index contributed by atoms with van der Waals surface area (Å²) in [5.41, 5.74) is 1.46. The molecule has 0 saturated carbocycles. The van der Waals surface area contributed by atoms with Gasteiger partial charge in [0.15, 0.2) is 0 Å². The van der Waals surface area contributed by atoms with Crippen LogP contribution in [-0.4, -0.2) is 28.0 Å². The lowest BCUT2D eigenvalue weighted by Gasteiger charge is -2.19. The molecule has 0 aliphatic carbocycles. The highest BCUT2D eigenvalue weighted by Gasteiger charge is 2.21. The number of benzene rings is 3. The Hall–Kier alpha value is -2.84. The van der Waals surface area contributed by atoms with Crippen molar-refractivity contribution in [3.8, 4) is 5.75 Å². The maximum Gasteiger partial charge on any atom is 0.264 e. The Balaban J connectivity index is 1.71. The molecule has 0 atom stereocenters. The van der Waals surface area contributed by atoms with Crippen molar-refractivity contribution in [3.05, 3.63) is 82.8 Å². The summed E-state index contributed by atoms with van der Waals surface area (Å²) >= 11 is 3.41. The van der Waals surface area contributed by atoms with E-state index in [1.807, 2.05) is 12.1 Å². The van der Waals surface area contributed by atoms with Gasteiger partial charge in [0.2, 0.25) is 0 Å². The number of amides is 1. The minimum Gasteiger partial charge on any atom is -0.493 e. The van der Waals surface area contributed by atoms with E-state index in [1.54, 1.807) is 48.5 Å². The third kappa shape index (κ3) is 6.61. The summed E-state index contributed by atoms with van der Waals surface area (Å²) < 4.78 is 33.8. The molecule has 0 radical (unpaired) electrons. The second-order valence-electron chi connectivity index (χ2n) is 7.84. The molecule has 0 spiro atoms. The van der Waals surface area contributed by atoms with Crippen LogP contribution in [0.2, 0.25) is 0 Å². The average molecular weight is 545 g/mol. The van der Waals surface area contributed by atoms with E-state index in [0.29, 0.717) is 29.3 Å². The average Bonchev–Trinajstić information content (AvgIpc) is 2.85. The molecule has 0 aliphatic heterocycles. The first-order valence-electron chi connectivity index (χ1n) is 11.2. The number of unbranched alkanes of at least 4 members (excludes halogenated alkanes) is 3. The van der Waals surface area contributed by atoms with E-state index in [0.717, 1.165) is 30.2 Å². The van der Waals surface area contributed by atoms with Gasteiger partial charge in [0, 0.05) is 17.2 Å². The van der Waals surface area contributed by atoms with Crippen molar-refractivity contribution in [1.29, 1.82) is 0 Å². The Kier molecular flexibility index (Phi) is 9.12. The Morgan fingerprint density at radius 3 is 2.35 bits per heavy atom. The Labute approximate surface area is 210 Å². The molecule has 3 aromatic carbocycles. The highest BCUT2D eigenvalue weighted by atomic mass is 79.9. The molecular weight excluding hydrogens is 516 g/mol. The first-order chi connectivity index (χ1) is 16.3. The van der Waals surface area contributed by atoms with Gasteiger partial charge < -0.3 is 10.1 Å². The molecule has 0 aromatic heterocycles. The van der Waals surface area contributed by atoms with Gasteiger partial charge in [-0.25, -0.2) is 8.42 Å². The van der Waals surface area contributed by atoms with Gasteiger partial charge in [-0.15, -0.1) is 0 Å². The lowest BCUT2D eigenvalue weighted by molar-refractivity contribution is 0.102. The summed E-state index contributed by atoms with van der Waals surface area (Å²) in [7, 11) is -2.21. The van der Waals surface area contributed by atoms with Crippen LogP contribution < -0.4 is 14.4 Å². The van der Waals surface area contributed by atoms with Crippen LogP contribution in [0.5, 0.6) is 5.75 Å². The zero-order valence-corrected chi connectivity index (χ0v) is 21.7. The third-order valence-electron chi connectivity index (χ3n) is 5.33. The molecule has 0 aliphatic rings. The van der Waals surface area contributed by atoms with Crippen LogP contribution in [-0.2, 0) is 10.0 Å². The number of hydrogen-bond acceptors (Lipinski definition) is 4. The van der Waals surface area contributed by atoms with Gasteiger partial charge in [-0.05, 0) is 61.0 Å². The van der Waals surface area contributed by atoms with Crippen molar-refractivity contribution in [2.45, 2.75) is 37.5 Å². The van der Waals surface area contributed by atoms with Gasteiger partial charge in [0.05, 0.1) is 22.8 Å². The molecule has 0 bridgehead atoms. The van der Waals surface area contributed by atoms with E-state index in [2.05, 4.69) is 28.2 Å². The predicted molar refractivity (Wildman–Crippen MR) is 140 cm³/mol. The van der Waals surface area contributed by atoms with Crippen LogP contribution in [0.3, 0.4) is 0 Å². The van der Waals surface area contributed by atoms with Crippen molar-refractivity contribution in [2.24, 2.45) is 0 Å². The number of anilines is 2. The molecule has 3 aromatic rings. The molecule has 0 saturated heterocycles. The zero-order chi connectivity index (χ0) is 24.6. The van der Waals surface area contributed by atoms with Crippen molar-refractivity contribution >= 4 is 43.2 Å². The fourth-order valence-corrected chi connectivity index (χ4v) is 4.92. The van der Waals surface area contributed by atoms with E-state index in [1.165, 1.54) is 23.5 Å². The van der Waals surface area contributed by atoms with Crippen LogP contribution in [0.15, 0.2) is 82.2 Å². The topological polar surface area (TPSA) is 75.7 Å². The van der Waals surface area contributed by atoms with Crippen LogP contribution in [0, 0.1) is 0 Å².